The van der Waals surface area contributed by atoms with Crippen LogP contribution in [0.3, 0.4) is 0 Å². The molecule has 0 bridgehead atoms. The van der Waals surface area contributed by atoms with E-state index in [1.54, 1.807) is 12.5 Å². The van der Waals surface area contributed by atoms with Gasteiger partial charge in [-0.1, -0.05) is 43.6 Å². The molecule has 2 aromatic carbocycles. The smallest absolute Gasteiger partial charge is 0.316 e. The molecule has 0 radical (unpaired) electrons. The van der Waals surface area contributed by atoms with Crippen LogP contribution in [0.5, 0.6) is 5.75 Å². The molecule has 6 nitrogen and oxygen atoms in total. The van der Waals surface area contributed by atoms with Crippen molar-refractivity contribution in [3.63, 3.8) is 0 Å². The van der Waals surface area contributed by atoms with Crippen molar-refractivity contribution in [3.05, 3.63) is 76.7 Å². The first-order valence-corrected chi connectivity index (χ1v) is 13.7. The number of aryl methyl sites for hydroxylation is 1. The molecule has 1 heterocycles. The molecule has 0 aliphatic rings. The Labute approximate surface area is 213 Å². The minimum atomic E-state index is -2.85. The first kappa shape index (κ1) is 27.5. The predicted octanol–water partition coefficient (Wildman–Crippen LogP) is 6.69. The van der Waals surface area contributed by atoms with Crippen LogP contribution < -0.4 is 10.1 Å². The van der Waals surface area contributed by atoms with Crippen molar-refractivity contribution < 1.29 is 23.1 Å². The van der Waals surface area contributed by atoms with E-state index >= 15 is 0 Å². The van der Waals surface area contributed by atoms with E-state index < -0.39 is 8.25 Å². The zero-order valence-electron chi connectivity index (χ0n) is 20.4. The van der Waals surface area contributed by atoms with Gasteiger partial charge in [0.25, 0.3) is 0 Å². The van der Waals surface area contributed by atoms with Crippen LogP contribution in [0.1, 0.15) is 43.4 Å². The summed E-state index contributed by atoms with van der Waals surface area (Å²) in [7, 11) is -2.85. The van der Waals surface area contributed by atoms with Crippen molar-refractivity contribution in [2.24, 2.45) is 5.92 Å². The Kier molecular flexibility index (Phi) is 11.4. The average molecular weight is 520 g/mol. The quantitative estimate of drug-likeness (QED) is 0.172. The Balaban J connectivity index is 1.53. The van der Waals surface area contributed by atoms with Crippen LogP contribution in [-0.2, 0) is 28.5 Å². The number of halogens is 1. The fraction of sp³-hybridized carbons (Fsp3) is 0.407. The maximum absolute atomic E-state index is 10.6. The molecule has 0 aliphatic carbocycles. The van der Waals surface area contributed by atoms with Gasteiger partial charge in [0.2, 0.25) is 0 Å². The topological polar surface area (TPSA) is 80.9 Å². The number of rotatable bonds is 15. The van der Waals surface area contributed by atoms with E-state index in [2.05, 4.69) is 43.4 Å². The summed E-state index contributed by atoms with van der Waals surface area (Å²) in [6, 6.07) is 14.5. The molecule has 190 valence electrons. The van der Waals surface area contributed by atoms with Gasteiger partial charge in [-0.3, -0.25) is 4.57 Å². The highest BCUT2D eigenvalue weighted by Crippen LogP contribution is 2.32. The van der Waals surface area contributed by atoms with Crippen LogP contribution in [0.2, 0.25) is 5.02 Å². The van der Waals surface area contributed by atoms with E-state index in [4.69, 9.17) is 30.2 Å². The van der Waals surface area contributed by atoms with Gasteiger partial charge in [-0.25, -0.2) is 0 Å². The molecule has 1 atom stereocenters. The van der Waals surface area contributed by atoms with Crippen molar-refractivity contribution >= 4 is 19.9 Å². The highest BCUT2D eigenvalue weighted by molar-refractivity contribution is 7.32. The molecule has 1 unspecified atom stereocenters. The Morgan fingerprint density at radius 2 is 1.91 bits per heavy atom. The second kappa shape index (κ2) is 14.5. The van der Waals surface area contributed by atoms with Gasteiger partial charge in [-0.2, -0.15) is 0 Å². The van der Waals surface area contributed by atoms with E-state index in [0.717, 1.165) is 46.7 Å². The number of ether oxygens (including phenoxy) is 1. The van der Waals surface area contributed by atoms with Gasteiger partial charge in [0.05, 0.1) is 25.7 Å². The van der Waals surface area contributed by atoms with Crippen LogP contribution in [0, 0.1) is 5.92 Å². The van der Waals surface area contributed by atoms with E-state index in [1.165, 1.54) is 11.1 Å². The SMILES string of the molecule is CC(C)Cc1ccc(CCCOc2ccc(CNCCCO[PH](=O)O)cc2-c2ccoc2)cc1Cl. The number of hydrogen-bond donors (Lipinski definition) is 2. The summed E-state index contributed by atoms with van der Waals surface area (Å²) in [5, 5.41) is 4.18. The molecular weight excluding hydrogens is 485 g/mol. The van der Waals surface area contributed by atoms with Gasteiger partial charge >= 0.3 is 8.25 Å². The number of furan rings is 1. The largest absolute Gasteiger partial charge is 0.493 e. The molecule has 3 rings (SSSR count). The number of nitrogens with one attached hydrogen (secondary N) is 1. The van der Waals surface area contributed by atoms with Crippen molar-refractivity contribution in [1.82, 2.24) is 5.32 Å². The van der Waals surface area contributed by atoms with E-state index in [9.17, 15) is 4.57 Å². The lowest BCUT2D eigenvalue weighted by molar-refractivity contribution is 0.276. The summed E-state index contributed by atoms with van der Waals surface area (Å²) in [5.74, 6) is 1.40. The molecule has 1 aromatic heterocycles. The summed E-state index contributed by atoms with van der Waals surface area (Å²) >= 11 is 6.48. The third-order valence-corrected chi connectivity index (χ3v) is 6.34. The van der Waals surface area contributed by atoms with Crippen LogP contribution in [-0.4, -0.2) is 24.7 Å². The van der Waals surface area contributed by atoms with Crippen LogP contribution in [0.4, 0.5) is 0 Å². The molecule has 0 saturated carbocycles. The first-order valence-electron chi connectivity index (χ1n) is 12.0. The third-order valence-electron chi connectivity index (χ3n) is 5.54. The van der Waals surface area contributed by atoms with Gasteiger partial charge in [-0.05, 0) is 79.1 Å². The molecule has 0 spiro atoms. The monoisotopic (exact) mass is 519 g/mol. The molecule has 35 heavy (non-hydrogen) atoms. The summed E-state index contributed by atoms with van der Waals surface area (Å²) in [5.41, 5.74) is 5.50. The molecule has 0 aliphatic heterocycles. The van der Waals surface area contributed by atoms with E-state index in [1.807, 2.05) is 18.2 Å². The second-order valence-electron chi connectivity index (χ2n) is 8.96. The van der Waals surface area contributed by atoms with Gasteiger partial charge in [0, 0.05) is 22.7 Å². The standard InChI is InChI=1S/C27H35ClNO5P/c1-20(2)15-23-8-6-21(17-26(23)28)5-3-12-33-27-9-7-22(16-25(27)24-10-14-32-19-24)18-29-11-4-13-34-35(30)31/h6-10,14,16-17,19-20,29,35H,3-5,11-13,15,18H2,1-2H3,(H,30,31). The lowest BCUT2D eigenvalue weighted by Crippen LogP contribution is -2.16. The summed E-state index contributed by atoms with van der Waals surface area (Å²) in [6.07, 6.45) is 6.82. The van der Waals surface area contributed by atoms with Gasteiger partial charge in [0.1, 0.15) is 5.75 Å². The fourth-order valence-electron chi connectivity index (χ4n) is 3.86. The number of benzene rings is 2. The van der Waals surface area contributed by atoms with Crippen LogP contribution >= 0.6 is 19.9 Å². The van der Waals surface area contributed by atoms with Crippen LogP contribution in [0.25, 0.3) is 11.1 Å². The normalized spacial score (nSPS) is 12.3. The van der Waals surface area contributed by atoms with Crippen molar-refractivity contribution in [3.8, 4) is 16.9 Å². The summed E-state index contributed by atoms with van der Waals surface area (Å²) in [4.78, 5) is 8.69. The van der Waals surface area contributed by atoms with Crippen molar-refractivity contribution in [1.29, 1.82) is 0 Å². The van der Waals surface area contributed by atoms with Crippen LogP contribution in [0.15, 0.2) is 59.4 Å². The lowest BCUT2D eigenvalue weighted by Gasteiger charge is -2.13. The Hall–Kier alpha value is -2.08. The zero-order chi connectivity index (χ0) is 25.0. The van der Waals surface area contributed by atoms with E-state index in [-0.39, 0.29) is 6.61 Å². The molecule has 2 N–H and O–H groups in total. The highest BCUT2D eigenvalue weighted by atomic mass is 35.5. The molecule has 8 heteroatoms. The molecule has 0 fully saturated rings. The Morgan fingerprint density at radius 1 is 1.09 bits per heavy atom. The van der Waals surface area contributed by atoms with Crippen molar-refractivity contribution in [2.75, 3.05) is 19.8 Å². The van der Waals surface area contributed by atoms with Gasteiger partial charge in [-0.15, -0.1) is 0 Å². The first-order chi connectivity index (χ1) is 16.9. The Bertz CT molecular complexity index is 1070. The average Bonchev–Trinajstić information content (AvgIpc) is 3.35. The minimum Gasteiger partial charge on any atom is -0.493 e. The molecule has 0 amide bonds. The van der Waals surface area contributed by atoms with Gasteiger partial charge < -0.3 is 23.9 Å². The number of hydrogen-bond acceptors (Lipinski definition) is 5. The maximum Gasteiger partial charge on any atom is 0.316 e. The molecule has 3 aromatic rings. The highest BCUT2D eigenvalue weighted by Gasteiger charge is 2.10. The van der Waals surface area contributed by atoms with Crippen molar-refractivity contribution in [2.45, 2.75) is 46.1 Å². The predicted molar refractivity (Wildman–Crippen MR) is 141 cm³/mol. The zero-order valence-corrected chi connectivity index (χ0v) is 22.1. The van der Waals surface area contributed by atoms with Gasteiger partial charge in [0.15, 0.2) is 0 Å². The summed E-state index contributed by atoms with van der Waals surface area (Å²) < 4.78 is 26.7. The van der Waals surface area contributed by atoms with E-state index in [0.29, 0.717) is 32.0 Å². The Morgan fingerprint density at radius 3 is 2.63 bits per heavy atom. The third kappa shape index (κ3) is 9.47. The maximum atomic E-state index is 10.6. The fourth-order valence-corrected chi connectivity index (χ4v) is 4.46. The molecular formula is C27H35ClNO5P. The molecule has 0 saturated heterocycles. The second-order valence-corrected chi connectivity index (χ2v) is 10.2. The lowest BCUT2D eigenvalue weighted by atomic mass is 10.0. The summed E-state index contributed by atoms with van der Waals surface area (Å²) in [6.45, 7) is 6.63. The minimum absolute atomic E-state index is 0.267.